The molecular formula is C30H41N5O6. The van der Waals surface area contributed by atoms with Gasteiger partial charge in [0.1, 0.15) is 5.75 Å². The Morgan fingerprint density at radius 2 is 1.34 bits per heavy atom. The van der Waals surface area contributed by atoms with Crippen molar-refractivity contribution in [1.29, 1.82) is 0 Å². The summed E-state index contributed by atoms with van der Waals surface area (Å²) in [6.45, 7) is 13.5. The van der Waals surface area contributed by atoms with Crippen molar-refractivity contribution in [2.24, 2.45) is 0 Å². The predicted octanol–water partition coefficient (Wildman–Crippen LogP) is 3.44. The lowest BCUT2D eigenvalue weighted by Gasteiger charge is -2.37. The number of hydrogen-bond donors (Lipinski definition) is 3. The van der Waals surface area contributed by atoms with Crippen LogP contribution in [0.1, 0.15) is 16.7 Å². The van der Waals surface area contributed by atoms with Crippen molar-refractivity contribution in [3.8, 4) is 5.75 Å². The van der Waals surface area contributed by atoms with Crippen LogP contribution < -0.4 is 19.9 Å². The van der Waals surface area contributed by atoms with Crippen LogP contribution >= 0.6 is 0 Å². The average molecular weight is 568 g/mol. The number of anilines is 3. The highest BCUT2D eigenvalue weighted by Crippen LogP contribution is 2.32. The van der Waals surface area contributed by atoms with Gasteiger partial charge in [-0.2, -0.15) is 0 Å². The van der Waals surface area contributed by atoms with E-state index in [1.807, 2.05) is 23.1 Å². The molecule has 0 aliphatic carbocycles. The van der Waals surface area contributed by atoms with E-state index in [0.717, 1.165) is 56.4 Å². The maximum absolute atomic E-state index is 13.0. The summed E-state index contributed by atoms with van der Waals surface area (Å²) >= 11 is 0. The van der Waals surface area contributed by atoms with Crippen molar-refractivity contribution < 1.29 is 29.3 Å². The highest BCUT2D eigenvalue weighted by atomic mass is 16.5. The number of benzene rings is 2. The number of ether oxygens (including phenoxy) is 1. The molecule has 222 valence electrons. The summed E-state index contributed by atoms with van der Waals surface area (Å²) in [5, 5.41) is 18.7. The van der Waals surface area contributed by atoms with E-state index in [2.05, 4.69) is 60.0 Å². The normalized spacial score (nSPS) is 15.8. The number of rotatable bonds is 6. The van der Waals surface area contributed by atoms with Crippen molar-refractivity contribution in [3.63, 3.8) is 0 Å². The van der Waals surface area contributed by atoms with Crippen LogP contribution in [0.25, 0.3) is 0 Å². The van der Waals surface area contributed by atoms with E-state index < -0.39 is 11.9 Å². The van der Waals surface area contributed by atoms with Crippen LogP contribution in [-0.2, 0) is 9.59 Å². The largest absolute Gasteiger partial charge is 0.495 e. The molecule has 2 aliphatic rings. The molecule has 0 radical (unpaired) electrons. The molecule has 11 heteroatoms. The Hall–Kier alpha value is -4.25. The number of carboxylic acid groups (broad SMARTS) is 2. The maximum atomic E-state index is 13.0. The standard InChI is InChI=1S/C26H37N5O2.C4H4O4/c1-19-16-20(2)25(21(3)17-19)30-12-14-31(15-13-30)26(32)27-22-6-7-24(33-5)23(18-22)29-10-8-28(4)9-11-29;5-3(6)1-2-4(7)8/h6-7,16-18H,8-15H2,1-5H3,(H,27,32);1-2H,(H,5,6)(H,7,8)/b;2-1+. The molecule has 2 aliphatic heterocycles. The van der Waals surface area contributed by atoms with Crippen molar-refractivity contribution in [3.05, 3.63) is 59.2 Å². The van der Waals surface area contributed by atoms with Crippen LogP contribution in [-0.4, -0.2) is 104 Å². The quantitative estimate of drug-likeness (QED) is 0.450. The molecule has 41 heavy (non-hydrogen) atoms. The first-order valence-corrected chi connectivity index (χ1v) is 13.6. The molecule has 0 aromatic heterocycles. The minimum Gasteiger partial charge on any atom is -0.495 e. The maximum Gasteiger partial charge on any atom is 0.328 e. The van der Waals surface area contributed by atoms with Gasteiger partial charge >= 0.3 is 18.0 Å². The van der Waals surface area contributed by atoms with Gasteiger partial charge in [0.25, 0.3) is 0 Å². The number of aliphatic carboxylic acids is 2. The van der Waals surface area contributed by atoms with Gasteiger partial charge in [-0.05, 0) is 57.1 Å². The van der Waals surface area contributed by atoms with Gasteiger partial charge in [0.15, 0.2) is 0 Å². The molecule has 2 fully saturated rings. The third-order valence-corrected chi connectivity index (χ3v) is 7.16. The van der Waals surface area contributed by atoms with Gasteiger partial charge in [0, 0.05) is 75.9 Å². The van der Waals surface area contributed by atoms with Crippen LogP contribution in [0.4, 0.5) is 21.9 Å². The zero-order valence-electron chi connectivity index (χ0n) is 24.5. The van der Waals surface area contributed by atoms with Crippen molar-refractivity contribution in [2.45, 2.75) is 20.8 Å². The van der Waals surface area contributed by atoms with E-state index in [-0.39, 0.29) is 6.03 Å². The summed E-state index contributed by atoms with van der Waals surface area (Å²) in [5.74, 6) is -1.67. The lowest BCUT2D eigenvalue weighted by atomic mass is 10.0. The Bertz CT molecular complexity index is 1230. The fraction of sp³-hybridized carbons (Fsp3) is 0.433. The minimum atomic E-state index is -1.26. The number of carbonyl (C=O) groups is 3. The number of piperazine rings is 2. The molecule has 2 amide bonds. The Morgan fingerprint density at radius 3 is 1.85 bits per heavy atom. The molecule has 2 heterocycles. The molecule has 0 bridgehead atoms. The molecule has 0 unspecified atom stereocenters. The molecule has 2 aromatic rings. The van der Waals surface area contributed by atoms with E-state index in [9.17, 15) is 14.4 Å². The van der Waals surface area contributed by atoms with Crippen molar-refractivity contribution in [2.75, 3.05) is 81.6 Å². The number of amides is 2. The van der Waals surface area contributed by atoms with Crippen molar-refractivity contribution in [1.82, 2.24) is 9.80 Å². The summed E-state index contributed by atoms with van der Waals surface area (Å²) in [7, 11) is 3.84. The number of carboxylic acids is 2. The van der Waals surface area contributed by atoms with Crippen LogP contribution in [0, 0.1) is 20.8 Å². The zero-order valence-corrected chi connectivity index (χ0v) is 24.5. The van der Waals surface area contributed by atoms with Crippen LogP contribution in [0.15, 0.2) is 42.5 Å². The van der Waals surface area contributed by atoms with Gasteiger partial charge in [-0.15, -0.1) is 0 Å². The monoisotopic (exact) mass is 567 g/mol. The van der Waals surface area contributed by atoms with Gasteiger partial charge in [-0.25, -0.2) is 14.4 Å². The lowest BCUT2D eigenvalue weighted by molar-refractivity contribution is -0.134. The van der Waals surface area contributed by atoms with Crippen LogP contribution in [0.3, 0.4) is 0 Å². The predicted molar refractivity (Wildman–Crippen MR) is 161 cm³/mol. The second-order valence-corrected chi connectivity index (χ2v) is 10.3. The van der Waals surface area contributed by atoms with E-state index >= 15 is 0 Å². The van der Waals surface area contributed by atoms with Crippen LogP contribution in [0.5, 0.6) is 5.75 Å². The molecule has 11 nitrogen and oxygen atoms in total. The molecule has 0 spiro atoms. The summed E-state index contributed by atoms with van der Waals surface area (Å²) < 4.78 is 5.60. The smallest absolute Gasteiger partial charge is 0.328 e. The fourth-order valence-electron chi connectivity index (χ4n) is 5.21. The van der Waals surface area contributed by atoms with Gasteiger partial charge in [-0.3, -0.25) is 0 Å². The molecule has 3 N–H and O–H groups in total. The molecular weight excluding hydrogens is 526 g/mol. The number of hydrogen-bond acceptors (Lipinski definition) is 7. The zero-order chi connectivity index (χ0) is 30.1. The van der Waals surface area contributed by atoms with E-state index in [4.69, 9.17) is 14.9 Å². The number of carbonyl (C=O) groups excluding carboxylic acids is 1. The SMILES string of the molecule is COc1ccc(NC(=O)N2CCN(c3c(C)cc(C)cc3C)CC2)cc1N1CCN(C)CC1.O=C(O)/C=C/C(=O)O. The minimum absolute atomic E-state index is 0.0403. The summed E-state index contributed by atoms with van der Waals surface area (Å²) in [6, 6.07) is 10.3. The average Bonchev–Trinajstić information content (AvgIpc) is 2.92. The summed E-state index contributed by atoms with van der Waals surface area (Å²) in [5.41, 5.74) is 7.07. The first-order valence-electron chi connectivity index (χ1n) is 13.6. The highest BCUT2D eigenvalue weighted by Gasteiger charge is 2.24. The lowest BCUT2D eigenvalue weighted by Crippen LogP contribution is -2.50. The van der Waals surface area contributed by atoms with Crippen molar-refractivity contribution >= 4 is 35.0 Å². The molecule has 4 rings (SSSR count). The molecule has 0 atom stereocenters. The van der Waals surface area contributed by atoms with E-state index in [0.29, 0.717) is 25.2 Å². The number of methoxy groups -OCH3 is 1. The number of nitrogens with zero attached hydrogens (tertiary/aromatic N) is 4. The van der Waals surface area contributed by atoms with E-state index in [1.165, 1.54) is 22.4 Å². The third-order valence-electron chi connectivity index (χ3n) is 7.16. The first kappa shape index (κ1) is 31.3. The first-order chi connectivity index (χ1) is 19.5. The van der Waals surface area contributed by atoms with Gasteiger partial charge in [0.05, 0.1) is 12.8 Å². The fourth-order valence-corrected chi connectivity index (χ4v) is 5.21. The Balaban J connectivity index is 0.000000507. The third kappa shape index (κ3) is 8.87. The molecule has 2 aromatic carbocycles. The van der Waals surface area contributed by atoms with Gasteiger partial charge in [0.2, 0.25) is 0 Å². The Kier molecular flexibility index (Phi) is 11.0. The topological polar surface area (TPSA) is 126 Å². The number of likely N-dealkylation sites (N-methyl/N-ethyl adjacent to an activating group) is 1. The summed E-state index contributed by atoms with van der Waals surface area (Å²) in [4.78, 5) is 41.1. The summed E-state index contributed by atoms with van der Waals surface area (Å²) in [6.07, 6.45) is 1.12. The van der Waals surface area contributed by atoms with Gasteiger partial charge in [-0.1, -0.05) is 17.7 Å². The molecule has 2 saturated heterocycles. The van der Waals surface area contributed by atoms with Crippen LogP contribution in [0.2, 0.25) is 0 Å². The number of nitrogens with one attached hydrogen (secondary N) is 1. The highest BCUT2D eigenvalue weighted by molar-refractivity contribution is 5.91. The van der Waals surface area contributed by atoms with Gasteiger partial charge < -0.3 is 39.9 Å². The second kappa shape index (κ2) is 14.4. The Labute approximate surface area is 241 Å². The molecule has 0 saturated carbocycles. The second-order valence-electron chi connectivity index (χ2n) is 10.3. The number of urea groups is 1. The Morgan fingerprint density at radius 1 is 0.805 bits per heavy atom. The van der Waals surface area contributed by atoms with E-state index in [1.54, 1.807) is 7.11 Å². The number of aryl methyl sites for hydroxylation is 3.